The topological polar surface area (TPSA) is 76.4 Å². The van der Waals surface area contributed by atoms with Crippen LogP contribution >= 0.6 is 0 Å². The predicted octanol–water partition coefficient (Wildman–Crippen LogP) is 2.88. The zero-order chi connectivity index (χ0) is 14.5. The molecule has 0 aliphatic heterocycles. The van der Waals surface area contributed by atoms with Crippen LogP contribution in [0, 0.1) is 0 Å². The van der Waals surface area contributed by atoms with E-state index in [1.807, 2.05) is 16.9 Å². The minimum atomic E-state index is 0.155. The fraction of sp³-hybridized carbons (Fsp3) is 0.467. The summed E-state index contributed by atoms with van der Waals surface area (Å²) < 4.78 is 2.04. The molecule has 20 heavy (non-hydrogen) atoms. The van der Waals surface area contributed by atoms with E-state index in [9.17, 15) is 0 Å². The van der Waals surface area contributed by atoms with Crippen molar-refractivity contribution in [1.29, 1.82) is 0 Å². The number of aryl methyl sites for hydroxylation is 2. The summed E-state index contributed by atoms with van der Waals surface area (Å²) in [6, 6.07) is 4.05. The Bertz CT molecular complexity index is 616. The second kappa shape index (κ2) is 6.41. The van der Waals surface area contributed by atoms with Gasteiger partial charge < -0.3 is 10.9 Å². The van der Waals surface area contributed by atoms with Crippen molar-refractivity contribution in [3.8, 4) is 0 Å². The number of hydrogen-bond acceptors (Lipinski definition) is 3. The van der Waals surface area contributed by atoms with Crippen molar-refractivity contribution >= 4 is 16.7 Å². The highest BCUT2D eigenvalue weighted by Gasteiger charge is 2.11. The van der Waals surface area contributed by atoms with Gasteiger partial charge in [-0.3, -0.25) is 4.68 Å². The largest absolute Gasteiger partial charge is 0.409 e. The average molecular weight is 274 g/mol. The molecule has 1 aromatic heterocycles. The number of fused-ring (bicyclic) bond motifs is 1. The molecule has 1 heterocycles. The second-order valence-corrected chi connectivity index (χ2v) is 4.98. The summed E-state index contributed by atoms with van der Waals surface area (Å²) >= 11 is 0. The Morgan fingerprint density at radius 3 is 2.80 bits per heavy atom. The Hall–Kier alpha value is -2.04. The molecular formula is C15H22N4O. The van der Waals surface area contributed by atoms with Gasteiger partial charge in [-0.25, -0.2) is 0 Å². The number of amidine groups is 1. The molecule has 0 aliphatic carbocycles. The van der Waals surface area contributed by atoms with Crippen LogP contribution in [-0.4, -0.2) is 20.8 Å². The van der Waals surface area contributed by atoms with Crippen LogP contribution in [0.1, 0.15) is 44.2 Å². The molecule has 3 N–H and O–H groups in total. The van der Waals surface area contributed by atoms with Crippen molar-refractivity contribution in [2.75, 3.05) is 0 Å². The van der Waals surface area contributed by atoms with Crippen LogP contribution in [-0.2, 0) is 13.0 Å². The fourth-order valence-corrected chi connectivity index (χ4v) is 2.44. The Kier molecular flexibility index (Phi) is 4.61. The molecule has 108 valence electrons. The Morgan fingerprint density at radius 2 is 2.15 bits per heavy atom. The van der Waals surface area contributed by atoms with Crippen LogP contribution in [0.15, 0.2) is 23.5 Å². The highest BCUT2D eigenvalue weighted by atomic mass is 16.4. The lowest BCUT2D eigenvalue weighted by molar-refractivity contribution is 0.318. The summed E-state index contributed by atoms with van der Waals surface area (Å²) in [5, 5.41) is 17.5. The van der Waals surface area contributed by atoms with Gasteiger partial charge in [-0.1, -0.05) is 31.8 Å². The first-order valence-corrected chi connectivity index (χ1v) is 7.17. The van der Waals surface area contributed by atoms with Gasteiger partial charge in [0, 0.05) is 17.5 Å². The maximum absolute atomic E-state index is 8.87. The molecule has 0 saturated carbocycles. The molecule has 0 saturated heterocycles. The molecule has 1 aromatic carbocycles. The maximum atomic E-state index is 8.87. The van der Waals surface area contributed by atoms with Gasteiger partial charge in [0.15, 0.2) is 5.84 Å². The van der Waals surface area contributed by atoms with Crippen molar-refractivity contribution < 1.29 is 5.21 Å². The molecular weight excluding hydrogens is 252 g/mol. The fourth-order valence-electron chi connectivity index (χ4n) is 2.44. The number of unbranched alkanes of at least 4 members (excludes halogenated alkanes) is 2. The van der Waals surface area contributed by atoms with Crippen molar-refractivity contribution in [2.24, 2.45) is 10.9 Å². The molecule has 0 atom stereocenters. The minimum absolute atomic E-state index is 0.155. The van der Waals surface area contributed by atoms with E-state index in [-0.39, 0.29) is 5.84 Å². The first-order valence-electron chi connectivity index (χ1n) is 7.17. The SMILES string of the molecule is CCCCCn1ncc2cc(/C(N)=N\O)c(CC)cc21. The van der Waals surface area contributed by atoms with Gasteiger partial charge in [0.1, 0.15) is 0 Å². The number of rotatable bonds is 6. The standard InChI is InChI=1S/C15H22N4O/c1-3-5-6-7-19-14-9-11(4-2)13(15(16)18-20)8-12(14)10-17-19/h8-10,20H,3-7H2,1-2H3,(H2,16,18). The predicted molar refractivity (Wildman–Crippen MR) is 81.1 cm³/mol. The third-order valence-corrected chi connectivity index (χ3v) is 3.60. The Balaban J connectivity index is 2.42. The van der Waals surface area contributed by atoms with Gasteiger partial charge in [0.25, 0.3) is 0 Å². The van der Waals surface area contributed by atoms with Crippen molar-refractivity contribution in [1.82, 2.24) is 9.78 Å². The highest BCUT2D eigenvalue weighted by molar-refractivity contribution is 6.01. The molecule has 5 heteroatoms. The number of benzene rings is 1. The number of aromatic nitrogens is 2. The van der Waals surface area contributed by atoms with Crippen LogP contribution in [0.4, 0.5) is 0 Å². The van der Waals surface area contributed by atoms with E-state index < -0.39 is 0 Å². The maximum Gasteiger partial charge on any atom is 0.170 e. The van der Waals surface area contributed by atoms with E-state index in [1.54, 1.807) is 0 Å². The van der Waals surface area contributed by atoms with Crippen molar-refractivity contribution in [3.63, 3.8) is 0 Å². The van der Waals surface area contributed by atoms with Crippen molar-refractivity contribution in [2.45, 2.75) is 46.1 Å². The highest BCUT2D eigenvalue weighted by Crippen LogP contribution is 2.21. The van der Waals surface area contributed by atoms with Gasteiger partial charge in [-0.15, -0.1) is 0 Å². The summed E-state index contributed by atoms with van der Waals surface area (Å²) in [5.74, 6) is 0.155. The summed E-state index contributed by atoms with van der Waals surface area (Å²) in [7, 11) is 0. The smallest absolute Gasteiger partial charge is 0.170 e. The van der Waals surface area contributed by atoms with Crippen molar-refractivity contribution in [3.05, 3.63) is 29.5 Å². The van der Waals surface area contributed by atoms with Crippen LogP contribution in [0.5, 0.6) is 0 Å². The summed E-state index contributed by atoms with van der Waals surface area (Å²) in [6.45, 7) is 5.19. The first kappa shape index (κ1) is 14.4. The lowest BCUT2D eigenvalue weighted by Gasteiger charge is -2.08. The van der Waals surface area contributed by atoms with E-state index in [0.717, 1.165) is 41.4 Å². The molecule has 0 radical (unpaired) electrons. The first-order chi connectivity index (χ1) is 9.71. The molecule has 2 aromatic rings. The quantitative estimate of drug-likeness (QED) is 0.279. The van der Waals surface area contributed by atoms with Gasteiger partial charge in [0.2, 0.25) is 0 Å². The van der Waals surface area contributed by atoms with Gasteiger partial charge >= 0.3 is 0 Å². The molecule has 5 nitrogen and oxygen atoms in total. The monoisotopic (exact) mass is 274 g/mol. The number of nitrogens with two attached hydrogens (primary N) is 1. The zero-order valence-electron chi connectivity index (χ0n) is 12.1. The second-order valence-electron chi connectivity index (χ2n) is 4.98. The molecule has 0 unspecified atom stereocenters. The Labute approximate surface area is 119 Å². The molecule has 0 aliphatic rings. The van der Waals surface area contributed by atoms with E-state index >= 15 is 0 Å². The van der Waals surface area contributed by atoms with Gasteiger partial charge in [0.05, 0.1) is 11.7 Å². The third-order valence-electron chi connectivity index (χ3n) is 3.60. The van der Waals surface area contributed by atoms with E-state index in [1.165, 1.54) is 12.8 Å². The third kappa shape index (κ3) is 2.76. The number of nitrogens with zero attached hydrogens (tertiary/aromatic N) is 3. The normalized spacial score (nSPS) is 12.2. The summed E-state index contributed by atoms with van der Waals surface area (Å²) in [6.07, 6.45) is 6.23. The molecule has 0 spiro atoms. The summed E-state index contributed by atoms with van der Waals surface area (Å²) in [5.41, 5.74) is 8.72. The summed E-state index contributed by atoms with van der Waals surface area (Å²) in [4.78, 5) is 0. The number of hydrogen-bond donors (Lipinski definition) is 2. The molecule has 0 fully saturated rings. The van der Waals surface area contributed by atoms with Gasteiger partial charge in [-0.05, 0) is 30.5 Å². The van der Waals surface area contributed by atoms with Crippen LogP contribution < -0.4 is 5.73 Å². The molecule has 2 rings (SSSR count). The molecule has 0 bridgehead atoms. The number of oxime groups is 1. The van der Waals surface area contributed by atoms with Crippen LogP contribution in [0.25, 0.3) is 10.9 Å². The van der Waals surface area contributed by atoms with E-state index in [2.05, 4.69) is 30.2 Å². The Morgan fingerprint density at radius 1 is 1.35 bits per heavy atom. The lowest BCUT2D eigenvalue weighted by atomic mass is 10.0. The minimum Gasteiger partial charge on any atom is -0.409 e. The average Bonchev–Trinajstić information content (AvgIpc) is 2.87. The van der Waals surface area contributed by atoms with Gasteiger partial charge in [-0.2, -0.15) is 5.10 Å². The van der Waals surface area contributed by atoms with E-state index in [4.69, 9.17) is 10.9 Å². The lowest BCUT2D eigenvalue weighted by Crippen LogP contribution is -2.15. The van der Waals surface area contributed by atoms with E-state index in [0.29, 0.717) is 0 Å². The van der Waals surface area contributed by atoms with Crippen LogP contribution in [0.2, 0.25) is 0 Å². The molecule has 0 amide bonds. The zero-order valence-corrected chi connectivity index (χ0v) is 12.1. The van der Waals surface area contributed by atoms with Crippen LogP contribution in [0.3, 0.4) is 0 Å².